The summed E-state index contributed by atoms with van der Waals surface area (Å²) in [5.74, 6) is 0.233. The third-order valence-electron chi connectivity index (χ3n) is 6.56. The molecule has 4 fully saturated rings. The van der Waals surface area contributed by atoms with Gasteiger partial charge in [-0.3, -0.25) is 9.59 Å². The van der Waals surface area contributed by atoms with Crippen molar-refractivity contribution < 1.29 is 27.9 Å². The van der Waals surface area contributed by atoms with E-state index in [0.29, 0.717) is 0 Å². The minimum atomic E-state index is -1.96. The average molecular weight is 427 g/mol. The molecule has 28 heavy (non-hydrogen) atoms. The van der Waals surface area contributed by atoms with Crippen LogP contribution in [0, 0.1) is 23.7 Å². The van der Waals surface area contributed by atoms with Gasteiger partial charge in [0.25, 0.3) is 0 Å². The lowest BCUT2D eigenvalue weighted by molar-refractivity contribution is -0.159. The fourth-order valence-electron chi connectivity index (χ4n) is 5.12. The zero-order valence-corrected chi connectivity index (χ0v) is 19.9. The number of carbonyl (C=O) groups is 2. The Morgan fingerprint density at radius 3 is 1.29 bits per heavy atom. The van der Waals surface area contributed by atoms with E-state index in [0.717, 1.165) is 25.7 Å². The molecule has 4 aliphatic rings. The molecule has 2 aliphatic carbocycles. The molecule has 0 aromatic heterocycles. The van der Waals surface area contributed by atoms with E-state index in [1.807, 2.05) is 0 Å². The third-order valence-corrected chi connectivity index (χ3v) is 8.52. The Labute approximate surface area is 169 Å². The van der Waals surface area contributed by atoms with Crippen molar-refractivity contribution >= 4 is 28.6 Å². The SMILES string of the molecule is C[Si](C)(C)O[C@@H]([C@H](O[Si](C)(C)C)[C@H]1OC(=O)[C@@H]2CC[C@H]12)[C@H]1OC(=O)[C@@H]2CC[C@H]12. The van der Waals surface area contributed by atoms with Gasteiger partial charge in [-0.1, -0.05) is 0 Å². The normalized spacial score (nSPS) is 39.2. The summed E-state index contributed by atoms with van der Waals surface area (Å²) in [6.45, 7) is 12.9. The second kappa shape index (κ2) is 6.92. The summed E-state index contributed by atoms with van der Waals surface area (Å²) in [7, 11) is -3.92. The number of cyclic esters (lactones) is 2. The van der Waals surface area contributed by atoms with Crippen LogP contribution >= 0.6 is 0 Å². The van der Waals surface area contributed by atoms with Gasteiger partial charge in [0.15, 0.2) is 16.6 Å². The van der Waals surface area contributed by atoms with E-state index < -0.39 is 16.6 Å². The molecule has 0 aromatic carbocycles. The standard InChI is InChI=1S/C20H34O6Si2/c1-27(2,3)25-17(15-11-7-9-13(11)19(21)23-15)18(26-28(4,5)6)16-12-8-10-14(12)20(22)24-16/h11-18H,7-10H2,1-6H3/t11-,12-,13+,14+,15-,16-,17+,18+/m0/s1. The quantitative estimate of drug-likeness (QED) is 0.459. The number of hydrogen-bond acceptors (Lipinski definition) is 6. The number of fused-ring (bicyclic) bond motifs is 2. The Bertz CT molecular complexity index is 598. The van der Waals surface area contributed by atoms with Gasteiger partial charge in [-0.15, -0.1) is 0 Å². The molecular weight excluding hydrogens is 392 g/mol. The van der Waals surface area contributed by atoms with Gasteiger partial charge in [0.1, 0.15) is 24.4 Å². The van der Waals surface area contributed by atoms with Crippen LogP contribution in [0.3, 0.4) is 0 Å². The second-order valence-corrected chi connectivity index (χ2v) is 19.8. The lowest BCUT2D eigenvalue weighted by Crippen LogP contribution is -2.58. The largest absolute Gasteiger partial charge is 0.459 e. The lowest BCUT2D eigenvalue weighted by Gasteiger charge is -2.44. The first-order chi connectivity index (χ1) is 12.9. The van der Waals surface area contributed by atoms with Gasteiger partial charge in [0.05, 0.1) is 11.8 Å². The second-order valence-electron chi connectivity index (χ2n) is 10.9. The van der Waals surface area contributed by atoms with Crippen LogP contribution in [0.25, 0.3) is 0 Å². The fraction of sp³-hybridized carbons (Fsp3) is 0.900. The maximum Gasteiger partial charge on any atom is 0.309 e. The van der Waals surface area contributed by atoms with Gasteiger partial charge < -0.3 is 18.3 Å². The third kappa shape index (κ3) is 3.73. The molecule has 0 aromatic rings. The lowest BCUT2D eigenvalue weighted by atomic mass is 9.68. The summed E-state index contributed by atoms with van der Waals surface area (Å²) in [5.41, 5.74) is 0. The number of rotatable bonds is 7. The van der Waals surface area contributed by atoms with Crippen LogP contribution in [0.5, 0.6) is 0 Å². The summed E-state index contributed by atoms with van der Waals surface area (Å²) in [4.78, 5) is 24.7. The van der Waals surface area contributed by atoms with Crippen LogP contribution in [0.15, 0.2) is 0 Å². The molecule has 6 nitrogen and oxygen atoms in total. The Morgan fingerprint density at radius 2 is 1.07 bits per heavy atom. The summed E-state index contributed by atoms with van der Waals surface area (Å²) < 4.78 is 25.1. The average Bonchev–Trinajstić information content (AvgIpc) is 2.79. The summed E-state index contributed by atoms with van der Waals surface area (Å²) in [6.07, 6.45) is 2.47. The predicted molar refractivity (Wildman–Crippen MR) is 109 cm³/mol. The highest BCUT2D eigenvalue weighted by Crippen LogP contribution is 2.50. The first kappa shape index (κ1) is 20.6. The van der Waals surface area contributed by atoms with Crippen LogP contribution < -0.4 is 0 Å². The number of ether oxygens (including phenoxy) is 2. The predicted octanol–water partition coefficient (Wildman–Crippen LogP) is 3.33. The van der Waals surface area contributed by atoms with E-state index in [2.05, 4.69) is 39.3 Å². The molecule has 0 spiro atoms. The van der Waals surface area contributed by atoms with Crippen LogP contribution in [-0.4, -0.2) is 53.0 Å². The minimum absolute atomic E-state index is 0.00727. The molecule has 2 heterocycles. The highest BCUT2D eigenvalue weighted by atomic mass is 28.4. The molecule has 158 valence electrons. The van der Waals surface area contributed by atoms with E-state index >= 15 is 0 Å². The van der Waals surface area contributed by atoms with Crippen LogP contribution in [-0.2, 0) is 27.9 Å². The molecule has 4 rings (SSSR count). The van der Waals surface area contributed by atoms with Crippen LogP contribution in [0.1, 0.15) is 25.7 Å². The van der Waals surface area contributed by atoms with Crippen molar-refractivity contribution in [2.45, 2.75) is 89.4 Å². The summed E-state index contributed by atoms with van der Waals surface area (Å²) in [6, 6.07) is 0. The van der Waals surface area contributed by atoms with Crippen LogP contribution in [0.4, 0.5) is 0 Å². The minimum Gasteiger partial charge on any atom is -0.459 e. The van der Waals surface area contributed by atoms with Gasteiger partial charge in [-0.2, -0.15) is 0 Å². The molecule has 0 amide bonds. The molecule has 8 heteroatoms. The van der Waals surface area contributed by atoms with Crippen molar-refractivity contribution in [1.82, 2.24) is 0 Å². The van der Waals surface area contributed by atoms with Gasteiger partial charge in [0.2, 0.25) is 0 Å². The van der Waals surface area contributed by atoms with Crippen molar-refractivity contribution in [3.05, 3.63) is 0 Å². The molecule has 2 saturated heterocycles. The van der Waals surface area contributed by atoms with Crippen molar-refractivity contribution in [1.29, 1.82) is 0 Å². The van der Waals surface area contributed by atoms with E-state index in [4.69, 9.17) is 18.3 Å². The molecule has 8 atom stereocenters. The van der Waals surface area contributed by atoms with Crippen molar-refractivity contribution in [2.75, 3.05) is 0 Å². The van der Waals surface area contributed by atoms with Crippen LogP contribution in [0.2, 0.25) is 39.3 Å². The maximum atomic E-state index is 12.3. The number of carbonyl (C=O) groups excluding carboxylic acids is 2. The summed E-state index contributed by atoms with van der Waals surface area (Å²) in [5, 5.41) is 0. The van der Waals surface area contributed by atoms with Gasteiger partial charge in [-0.05, 0) is 65.0 Å². The Kier molecular flexibility index (Phi) is 5.08. The summed E-state index contributed by atoms with van der Waals surface area (Å²) >= 11 is 0. The number of hydrogen-bond donors (Lipinski definition) is 0. The zero-order valence-electron chi connectivity index (χ0n) is 17.9. The van der Waals surface area contributed by atoms with Gasteiger partial charge in [-0.25, -0.2) is 0 Å². The van der Waals surface area contributed by atoms with E-state index in [9.17, 15) is 9.59 Å². The van der Waals surface area contributed by atoms with E-state index in [1.54, 1.807) is 0 Å². The van der Waals surface area contributed by atoms with Gasteiger partial charge >= 0.3 is 11.9 Å². The number of esters is 2. The molecule has 0 bridgehead atoms. The van der Waals surface area contributed by atoms with E-state index in [1.165, 1.54) is 0 Å². The van der Waals surface area contributed by atoms with E-state index in [-0.39, 0.29) is 60.0 Å². The van der Waals surface area contributed by atoms with Gasteiger partial charge in [0, 0.05) is 11.8 Å². The smallest absolute Gasteiger partial charge is 0.309 e. The molecular formula is C20H34O6Si2. The molecule has 2 saturated carbocycles. The first-order valence-electron chi connectivity index (χ1n) is 10.7. The molecule has 0 N–H and O–H groups in total. The van der Waals surface area contributed by atoms with Crippen molar-refractivity contribution in [3.63, 3.8) is 0 Å². The monoisotopic (exact) mass is 426 g/mol. The van der Waals surface area contributed by atoms with Crippen molar-refractivity contribution in [2.24, 2.45) is 23.7 Å². The topological polar surface area (TPSA) is 71.1 Å². The first-order valence-corrected chi connectivity index (χ1v) is 17.5. The molecule has 0 radical (unpaired) electrons. The maximum absolute atomic E-state index is 12.3. The highest BCUT2D eigenvalue weighted by Gasteiger charge is 2.60. The Hall–Kier alpha value is -0.706. The zero-order chi connectivity index (χ0) is 20.4. The highest BCUT2D eigenvalue weighted by molar-refractivity contribution is 6.70. The van der Waals surface area contributed by atoms with Crippen molar-refractivity contribution in [3.8, 4) is 0 Å². The molecule has 0 unspecified atom stereocenters. The molecule has 2 aliphatic heterocycles. The Balaban J connectivity index is 1.66. The Morgan fingerprint density at radius 1 is 0.714 bits per heavy atom. The fourth-order valence-corrected chi connectivity index (χ4v) is 7.29.